The van der Waals surface area contributed by atoms with Gasteiger partial charge in [0, 0.05) is 43.6 Å². The highest BCUT2D eigenvalue weighted by molar-refractivity contribution is 7.89. The molecule has 0 aliphatic heterocycles. The van der Waals surface area contributed by atoms with Gasteiger partial charge in [0.25, 0.3) is 0 Å². The molecule has 0 unspecified atom stereocenters. The molecule has 1 saturated carbocycles. The Hall–Kier alpha value is -3.17. The number of benzene rings is 2. The summed E-state index contributed by atoms with van der Waals surface area (Å²) in [6.45, 7) is 1.81. The summed E-state index contributed by atoms with van der Waals surface area (Å²) < 4.78 is 38.4. The van der Waals surface area contributed by atoms with E-state index in [2.05, 4.69) is 4.72 Å². The number of amides is 1. The molecule has 1 fully saturated rings. The monoisotopic (exact) mass is 456 g/mol. The zero-order valence-electron chi connectivity index (χ0n) is 18.0. The van der Waals surface area contributed by atoms with Gasteiger partial charge in [-0.1, -0.05) is 12.1 Å². The molecule has 1 aliphatic rings. The minimum Gasteiger partial charge on any atom is -0.422 e. The van der Waals surface area contributed by atoms with E-state index in [1.54, 1.807) is 50.5 Å². The molecule has 2 aromatic carbocycles. The molecule has 0 radical (unpaired) electrons. The Bertz CT molecular complexity index is 1360. The Labute approximate surface area is 185 Å². The van der Waals surface area contributed by atoms with Crippen molar-refractivity contribution in [1.29, 1.82) is 0 Å². The van der Waals surface area contributed by atoms with E-state index >= 15 is 0 Å². The van der Waals surface area contributed by atoms with Crippen molar-refractivity contribution in [1.82, 2.24) is 9.62 Å². The lowest BCUT2D eigenvalue weighted by Gasteiger charge is -2.12. The summed E-state index contributed by atoms with van der Waals surface area (Å²) in [6, 6.07) is 11.5. The van der Waals surface area contributed by atoms with Gasteiger partial charge < -0.3 is 14.1 Å². The van der Waals surface area contributed by atoms with Gasteiger partial charge in [0.1, 0.15) is 11.3 Å². The molecule has 3 aromatic rings. The van der Waals surface area contributed by atoms with E-state index in [1.165, 1.54) is 11.0 Å². The Morgan fingerprint density at radius 1 is 1.19 bits per heavy atom. The van der Waals surface area contributed by atoms with E-state index in [0.29, 0.717) is 22.1 Å². The zero-order valence-corrected chi connectivity index (χ0v) is 18.9. The quantitative estimate of drug-likeness (QED) is 0.571. The first-order valence-electron chi connectivity index (χ1n) is 10.2. The number of rotatable bonds is 6. The Balaban J connectivity index is 1.64. The van der Waals surface area contributed by atoms with Gasteiger partial charge in [-0.25, -0.2) is 22.7 Å². The number of hydrogen-bond acceptors (Lipinski definition) is 6. The molecular formula is C23H24N2O6S. The SMILES string of the molecule is Cc1c(Cc2cccc(S(=O)(=O)NC3CC3)c2)c(=O)oc2cc(OC(=O)N(C)C)ccc12. The third kappa shape index (κ3) is 4.68. The van der Waals surface area contributed by atoms with Gasteiger partial charge in [0.05, 0.1) is 4.90 Å². The highest BCUT2D eigenvalue weighted by Gasteiger charge is 2.28. The van der Waals surface area contributed by atoms with Crippen molar-refractivity contribution in [2.75, 3.05) is 14.1 Å². The average molecular weight is 457 g/mol. The second kappa shape index (κ2) is 8.40. The largest absolute Gasteiger partial charge is 0.422 e. The van der Waals surface area contributed by atoms with Crippen molar-refractivity contribution in [3.05, 3.63) is 69.6 Å². The van der Waals surface area contributed by atoms with Crippen molar-refractivity contribution in [2.45, 2.75) is 37.1 Å². The summed E-state index contributed by atoms with van der Waals surface area (Å²) in [5.74, 6) is 0.271. The predicted molar refractivity (Wildman–Crippen MR) is 120 cm³/mol. The van der Waals surface area contributed by atoms with Crippen LogP contribution in [0.5, 0.6) is 5.75 Å². The Morgan fingerprint density at radius 3 is 2.62 bits per heavy atom. The molecule has 32 heavy (non-hydrogen) atoms. The van der Waals surface area contributed by atoms with Gasteiger partial charge >= 0.3 is 11.7 Å². The number of nitrogens with one attached hydrogen (secondary N) is 1. The van der Waals surface area contributed by atoms with Crippen molar-refractivity contribution in [3.63, 3.8) is 0 Å². The molecule has 8 nitrogen and oxygen atoms in total. The van der Waals surface area contributed by atoms with Gasteiger partial charge in [-0.2, -0.15) is 0 Å². The lowest BCUT2D eigenvalue weighted by molar-refractivity contribution is 0.172. The van der Waals surface area contributed by atoms with E-state index in [4.69, 9.17) is 9.15 Å². The van der Waals surface area contributed by atoms with Crippen LogP contribution >= 0.6 is 0 Å². The van der Waals surface area contributed by atoms with Crippen molar-refractivity contribution in [3.8, 4) is 5.75 Å². The second-order valence-corrected chi connectivity index (χ2v) is 9.85. The highest BCUT2D eigenvalue weighted by atomic mass is 32.2. The summed E-state index contributed by atoms with van der Waals surface area (Å²) >= 11 is 0. The molecule has 0 spiro atoms. The molecule has 1 aromatic heterocycles. The van der Waals surface area contributed by atoms with E-state index in [1.807, 2.05) is 6.92 Å². The van der Waals surface area contributed by atoms with Crippen LogP contribution in [0.3, 0.4) is 0 Å². The molecule has 0 bridgehead atoms. The van der Waals surface area contributed by atoms with Gasteiger partial charge in [-0.3, -0.25) is 0 Å². The van der Waals surface area contributed by atoms with E-state index < -0.39 is 21.7 Å². The van der Waals surface area contributed by atoms with Gasteiger partial charge in [-0.15, -0.1) is 0 Å². The summed E-state index contributed by atoms with van der Waals surface area (Å²) in [4.78, 5) is 26.0. The fourth-order valence-electron chi connectivity index (χ4n) is 3.35. The number of nitrogens with zero attached hydrogens (tertiary/aromatic N) is 1. The molecule has 4 rings (SSSR count). The van der Waals surface area contributed by atoms with Crippen LogP contribution in [0.4, 0.5) is 4.79 Å². The van der Waals surface area contributed by atoms with E-state index in [-0.39, 0.29) is 23.1 Å². The van der Waals surface area contributed by atoms with Crippen molar-refractivity contribution < 1.29 is 22.4 Å². The van der Waals surface area contributed by atoms with E-state index in [0.717, 1.165) is 18.4 Å². The van der Waals surface area contributed by atoms with Crippen LogP contribution in [0.15, 0.2) is 56.6 Å². The Morgan fingerprint density at radius 2 is 1.94 bits per heavy atom. The molecule has 1 amide bonds. The summed E-state index contributed by atoms with van der Waals surface area (Å²) in [5, 5.41) is 0.712. The second-order valence-electron chi connectivity index (χ2n) is 8.13. The average Bonchev–Trinajstić information content (AvgIpc) is 3.54. The normalized spacial score (nSPS) is 13.8. The topological polar surface area (TPSA) is 106 Å². The number of fused-ring (bicyclic) bond motifs is 1. The number of hydrogen-bond donors (Lipinski definition) is 1. The maximum atomic E-state index is 12.7. The first kappa shape index (κ1) is 22.0. The first-order chi connectivity index (χ1) is 15.1. The maximum Gasteiger partial charge on any atom is 0.414 e. The number of carbonyl (C=O) groups excluding carboxylic acids is 1. The summed E-state index contributed by atoms with van der Waals surface area (Å²) in [5.41, 5.74) is 1.65. The molecule has 1 aliphatic carbocycles. The van der Waals surface area contributed by atoms with Crippen LogP contribution in [-0.2, 0) is 16.4 Å². The van der Waals surface area contributed by atoms with Crippen molar-refractivity contribution >= 4 is 27.1 Å². The van der Waals surface area contributed by atoms with Crippen LogP contribution in [0.1, 0.15) is 29.5 Å². The van der Waals surface area contributed by atoms with Gasteiger partial charge in [0.2, 0.25) is 10.0 Å². The molecule has 168 valence electrons. The minimum absolute atomic E-state index is 0.0142. The lowest BCUT2D eigenvalue weighted by atomic mass is 9.99. The molecule has 0 saturated heterocycles. The van der Waals surface area contributed by atoms with Crippen LogP contribution in [0.25, 0.3) is 11.0 Å². The molecule has 9 heteroatoms. The van der Waals surface area contributed by atoms with Crippen LogP contribution in [0.2, 0.25) is 0 Å². The smallest absolute Gasteiger partial charge is 0.414 e. The molecule has 1 heterocycles. The summed E-state index contributed by atoms with van der Waals surface area (Å²) in [6.07, 6.45) is 1.40. The Kier molecular flexibility index (Phi) is 5.79. The highest BCUT2D eigenvalue weighted by Crippen LogP contribution is 2.26. The predicted octanol–water partition coefficient (Wildman–Crippen LogP) is 3.19. The fourth-order valence-corrected chi connectivity index (χ4v) is 4.72. The molecular weight excluding hydrogens is 432 g/mol. The molecule has 1 N–H and O–H groups in total. The number of ether oxygens (including phenoxy) is 1. The third-order valence-electron chi connectivity index (χ3n) is 5.32. The van der Waals surface area contributed by atoms with Gasteiger partial charge in [-0.05, 0) is 55.2 Å². The van der Waals surface area contributed by atoms with Crippen LogP contribution in [0, 0.1) is 6.92 Å². The minimum atomic E-state index is -3.58. The lowest BCUT2D eigenvalue weighted by Crippen LogP contribution is -2.25. The van der Waals surface area contributed by atoms with Gasteiger partial charge in [0.15, 0.2) is 0 Å². The standard InChI is InChI=1S/C23H24N2O6S/c1-14-19-10-9-17(30-23(27)25(2)3)13-21(19)31-22(26)20(14)12-15-5-4-6-18(11-15)32(28,29)24-16-7-8-16/h4-6,9-11,13,16,24H,7-8,12H2,1-3H3. The zero-order chi connectivity index (χ0) is 23.0. The summed E-state index contributed by atoms with van der Waals surface area (Å²) in [7, 11) is -0.441. The van der Waals surface area contributed by atoms with Crippen LogP contribution in [-0.4, -0.2) is 39.5 Å². The third-order valence-corrected chi connectivity index (χ3v) is 6.84. The van der Waals surface area contributed by atoms with Crippen molar-refractivity contribution in [2.24, 2.45) is 0 Å². The van der Waals surface area contributed by atoms with E-state index in [9.17, 15) is 18.0 Å². The first-order valence-corrected chi connectivity index (χ1v) is 11.7. The molecule has 0 atom stereocenters. The van der Waals surface area contributed by atoms with Crippen LogP contribution < -0.4 is 15.1 Å². The number of carbonyl (C=O) groups is 1. The number of sulfonamides is 1. The maximum absolute atomic E-state index is 12.7. The number of aryl methyl sites for hydroxylation is 1. The fraction of sp³-hybridized carbons (Fsp3) is 0.304.